The number of rotatable bonds is 1. The molecule has 4 rings (SSSR count). The van der Waals surface area contributed by atoms with Gasteiger partial charge in [0.25, 0.3) is 0 Å². The summed E-state index contributed by atoms with van der Waals surface area (Å²) in [4.78, 5) is 24.1. The number of carbonyl (C=O) groups excluding carboxylic acids is 2. The van der Waals surface area contributed by atoms with Gasteiger partial charge in [-0.05, 0) is 81.1 Å². The Labute approximate surface area is 144 Å². The average Bonchev–Trinajstić information content (AvgIpc) is 2.81. The molecule has 0 amide bonds. The van der Waals surface area contributed by atoms with Gasteiger partial charge in [-0.1, -0.05) is 19.4 Å². The highest BCUT2D eigenvalue weighted by Gasteiger charge is 2.65. The standard InChI is InChI=1S/C21H30O3/c1-13(22)21(24)11-8-18-16-5-4-14-12-15(23)6-9-19(14,2)17(16)7-10-20(18,21)3/h12,16-18,24H,4-11H2,1-3H3/t16?,17?,18-,19-,20-,21-/m0/s1. The van der Waals surface area contributed by atoms with Crippen LogP contribution < -0.4 is 0 Å². The highest BCUT2D eigenvalue weighted by Crippen LogP contribution is 2.67. The van der Waals surface area contributed by atoms with Gasteiger partial charge in [0, 0.05) is 11.8 Å². The van der Waals surface area contributed by atoms with Gasteiger partial charge in [-0.15, -0.1) is 0 Å². The van der Waals surface area contributed by atoms with Gasteiger partial charge in [0.2, 0.25) is 0 Å². The van der Waals surface area contributed by atoms with Crippen molar-refractivity contribution in [3.05, 3.63) is 11.6 Å². The van der Waals surface area contributed by atoms with Crippen LogP contribution in [0, 0.1) is 28.6 Å². The Morgan fingerprint density at radius 1 is 1.08 bits per heavy atom. The van der Waals surface area contributed by atoms with E-state index in [0.717, 1.165) is 38.5 Å². The lowest BCUT2D eigenvalue weighted by Crippen LogP contribution is -2.57. The van der Waals surface area contributed by atoms with Gasteiger partial charge in [0.1, 0.15) is 5.60 Å². The third-order valence-corrected chi connectivity index (χ3v) is 8.70. The van der Waals surface area contributed by atoms with E-state index in [4.69, 9.17) is 0 Å². The average molecular weight is 330 g/mol. The summed E-state index contributed by atoms with van der Waals surface area (Å²) < 4.78 is 0. The van der Waals surface area contributed by atoms with Crippen molar-refractivity contribution >= 4 is 11.6 Å². The van der Waals surface area contributed by atoms with Crippen molar-refractivity contribution in [3.63, 3.8) is 0 Å². The molecule has 3 saturated carbocycles. The molecule has 24 heavy (non-hydrogen) atoms. The third kappa shape index (κ3) is 1.88. The summed E-state index contributed by atoms with van der Waals surface area (Å²) in [5.41, 5.74) is 0.155. The summed E-state index contributed by atoms with van der Waals surface area (Å²) >= 11 is 0. The second-order valence-corrected chi connectivity index (χ2v) is 9.38. The smallest absolute Gasteiger partial charge is 0.161 e. The fraction of sp³-hybridized carbons (Fsp3) is 0.810. The second-order valence-electron chi connectivity index (χ2n) is 9.38. The van der Waals surface area contributed by atoms with E-state index >= 15 is 0 Å². The van der Waals surface area contributed by atoms with Crippen molar-refractivity contribution in [2.75, 3.05) is 0 Å². The summed E-state index contributed by atoms with van der Waals surface area (Å²) in [6, 6.07) is 0. The van der Waals surface area contributed by atoms with E-state index in [2.05, 4.69) is 13.8 Å². The number of aliphatic hydroxyl groups is 1. The molecule has 6 atom stereocenters. The molecule has 3 heteroatoms. The summed E-state index contributed by atoms with van der Waals surface area (Å²) in [6.45, 7) is 6.10. The number of Topliss-reactive ketones (excluding diaryl/α,β-unsaturated/α-hetero) is 1. The molecule has 0 heterocycles. The molecule has 0 aromatic rings. The maximum Gasteiger partial charge on any atom is 0.161 e. The number of hydrogen-bond donors (Lipinski definition) is 1. The first-order chi connectivity index (χ1) is 11.2. The van der Waals surface area contributed by atoms with E-state index < -0.39 is 5.60 Å². The van der Waals surface area contributed by atoms with Crippen molar-refractivity contribution in [2.24, 2.45) is 28.6 Å². The Morgan fingerprint density at radius 3 is 2.50 bits per heavy atom. The molecule has 4 aliphatic carbocycles. The molecule has 0 bridgehead atoms. The van der Waals surface area contributed by atoms with Gasteiger partial charge in [-0.3, -0.25) is 9.59 Å². The zero-order chi connectivity index (χ0) is 17.3. The second kappa shape index (κ2) is 5.03. The number of allylic oxidation sites excluding steroid dienone is 1. The fourth-order valence-corrected chi connectivity index (χ4v) is 7.15. The Morgan fingerprint density at radius 2 is 1.79 bits per heavy atom. The quantitative estimate of drug-likeness (QED) is 0.795. The lowest BCUT2D eigenvalue weighted by molar-refractivity contribution is -0.160. The predicted molar refractivity (Wildman–Crippen MR) is 92.3 cm³/mol. The topological polar surface area (TPSA) is 54.4 Å². The van der Waals surface area contributed by atoms with Crippen molar-refractivity contribution in [1.82, 2.24) is 0 Å². The molecule has 0 radical (unpaired) electrons. The molecule has 0 aromatic heterocycles. The Hall–Kier alpha value is -0.960. The number of fused-ring (bicyclic) bond motifs is 5. The van der Waals surface area contributed by atoms with Crippen molar-refractivity contribution in [2.45, 2.75) is 77.7 Å². The van der Waals surface area contributed by atoms with Gasteiger partial charge in [0.15, 0.2) is 11.6 Å². The normalized spacial score (nSPS) is 50.6. The van der Waals surface area contributed by atoms with E-state index in [-0.39, 0.29) is 16.6 Å². The van der Waals surface area contributed by atoms with Crippen LogP contribution in [-0.4, -0.2) is 22.3 Å². The summed E-state index contributed by atoms with van der Waals surface area (Å²) in [5.74, 6) is 1.90. The minimum Gasteiger partial charge on any atom is -0.382 e. The van der Waals surface area contributed by atoms with E-state index in [0.29, 0.717) is 36.4 Å². The first-order valence-electron chi connectivity index (χ1n) is 9.70. The van der Waals surface area contributed by atoms with Crippen molar-refractivity contribution in [3.8, 4) is 0 Å². The number of hydrogen-bond acceptors (Lipinski definition) is 3. The fourth-order valence-electron chi connectivity index (χ4n) is 7.15. The maximum absolute atomic E-state index is 12.2. The maximum atomic E-state index is 12.2. The lowest BCUT2D eigenvalue weighted by atomic mass is 9.46. The minimum atomic E-state index is -1.12. The number of ketones is 2. The molecule has 2 unspecified atom stereocenters. The zero-order valence-electron chi connectivity index (χ0n) is 15.2. The van der Waals surface area contributed by atoms with E-state index in [1.807, 2.05) is 6.08 Å². The SMILES string of the molecule is CC(=O)[C@@]1(O)CC[C@H]2C3CCC4=CC(=O)CC[C@]4(C)C3CC[C@@]21C. The number of carbonyl (C=O) groups is 2. The molecule has 0 saturated heterocycles. The van der Waals surface area contributed by atoms with Crippen LogP contribution >= 0.6 is 0 Å². The molecular weight excluding hydrogens is 300 g/mol. The van der Waals surface area contributed by atoms with Crippen molar-refractivity contribution in [1.29, 1.82) is 0 Å². The van der Waals surface area contributed by atoms with Crippen LogP contribution in [0.5, 0.6) is 0 Å². The first kappa shape index (κ1) is 16.5. The van der Waals surface area contributed by atoms with Gasteiger partial charge in [-0.2, -0.15) is 0 Å². The third-order valence-electron chi connectivity index (χ3n) is 8.70. The highest BCUT2D eigenvalue weighted by molar-refractivity contribution is 5.91. The summed E-state index contributed by atoms with van der Waals surface area (Å²) in [5, 5.41) is 11.1. The van der Waals surface area contributed by atoms with Crippen LogP contribution in [0.1, 0.15) is 72.1 Å². The monoisotopic (exact) mass is 330 g/mol. The van der Waals surface area contributed by atoms with Gasteiger partial charge >= 0.3 is 0 Å². The van der Waals surface area contributed by atoms with Gasteiger partial charge < -0.3 is 5.11 Å². The van der Waals surface area contributed by atoms with Crippen LogP contribution in [0.15, 0.2) is 11.6 Å². The van der Waals surface area contributed by atoms with Crippen LogP contribution in [0.2, 0.25) is 0 Å². The van der Waals surface area contributed by atoms with E-state index in [1.54, 1.807) is 6.92 Å². The lowest BCUT2D eigenvalue weighted by Gasteiger charge is -2.58. The summed E-state index contributed by atoms with van der Waals surface area (Å²) in [7, 11) is 0. The molecular formula is C21H30O3. The van der Waals surface area contributed by atoms with Crippen LogP contribution in [0.3, 0.4) is 0 Å². The largest absolute Gasteiger partial charge is 0.382 e. The molecule has 1 N–H and O–H groups in total. The molecule has 3 fully saturated rings. The highest BCUT2D eigenvalue weighted by atomic mass is 16.3. The Kier molecular flexibility index (Phi) is 3.46. The van der Waals surface area contributed by atoms with Crippen molar-refractivity contribution < 1.29 is 14.7 Å². The first-order valence-corrected chi connectivity index (χ1v) is 9.70. The molecule has 0 aromatic carbocycles. The predicted octanol–water partition coefficient (Wildman–Crippen LogP) is 3.84. The molecule has 3 nitrogen and oxygen atoms in total. The Balaban J connectivity index is 1.70. The van der Waals surface area contributed by atoms with E-state index in [1.165, 1.54) is 5.57 Å². The molecule has 0 aliphatic heterocycles. The van der Waals surface area contributed by atoms with Gasteiger partial charge in [0.05, 0.1) is 0 Å². The van der Waals surface area contributed by atoms with Crippen LogP contribution in [-0.2, 0) is 9.59 Å². The zero-order valence-corrected chi connectivity index (χ0v) is 15.2. The summed E-state index contributed by atoms with van der Waals surface area (Å²) in [6.07, 6.45) is 9.37. The van der Waals surface area contributed by atoms with Gasteiger partial charge in [-0.25, -0.2) is 0 Å². The van der Waals surface area contributed by atoms with Crippen LogP contribution in [0.25, 0.3) is 0 Å². The van der Waals surface area contributed by atoms with Crippen LogP contribution in [0.4, 0.5) is 0 Å². The molecule has 0 spiro atoms. The van der Waals surface area contributed by atoms with E-state index in [9.17, 15) is 14.7 Å². The Bertz CT molecular complexity index is 635. The molecule has 132 valence electrons. The molecule has 4 aliphatic rings. The minimum absolute atomic E-state index is 0.0446.